The molecule has 0 aliphatic carbocycles. The van der Waals surface area contributed by atoms with E-state index in [-0.39, 0.29) is 16.3 Å². The molecule has 0 aromatic heterocycles. The highest BCUT2D eigenvalue weighted by Gasteiger charge is 2.22. The van der Waals surface area contributed by atoms with Gasteiger partial charge in [0.1, 0.15) is 11.7 Å². The monoisotopic (exact) mass is 245 g/mol. The maximum atomic E-state index is 10.6. The van der Waals surface area contributed by atoms with Crippen LogP contribution in [0.1, 0.15) is 11.6 Å². The minimum atomic E-state index is -1.42. The van der Waals surface area contributed by atoms with Crippen LogP contribution in [0, 0.1) is 10.1 Å². The molecular weight excluding hydrogens is 238 g/mol. The van der Waals surface area contributed by atoms with Crippen LogP contribution < -0.4 is 11.5 Å². The van der Waals surface area contributed by atoms with Crippen LogP contribution in [0.15, 0.2) is 12.1 Å². The lowest BCUT2D eigenvalue weighted by atomic mass is 10.1. The molecule has 0 fully saturated rings. The molecule has 1 aromatic carbocycles. The van der Waals surface area contributed by atoms with Crippen molar-refractivity contribution in [2.24, 2.45) is 5.73 Å². The largest absolute Gasteiger partial charge is 0.480 e. The molecule has 0 radical (unpaired) electrons. The summed E-state index contributed by atoms with van der Waals surface area (Å²) in [6.07, 6.45) is 0. The molecule has 1 aromatic rings. The van der Waals surface area contributed by atoms with Gasteiger partial charge in [0.05, 0.1) is 4.92 Å². The van der Waals surface area contributed by atoms with Gasteiger partial charge in [-0.05, 0) is 6.07 Å². The second-order valence-corrected chi connectivity index (χ2v) is 3.41. The normalized spacial score (nSPS) is 12.1. The molecule has 0 saturated heterocycles. The minimum absolute atomic E-state index is 0.0157. The molecule has 0 heterocycles. The zero-order chi connectivity index (χ0) is 12.5. The number of hydrogen-bond acceptors (Lipinski definition) is 5. The van der Waals surface area contributed by atoms with Crippen molar-refractivity contribution < 1.29 is 14.8 Å². The fourth-order valence-electron chi connectivity index (χ4n) is 1.12. The SMILES string of the molecule is Nc1cc(Cl)c([C@H](N)C(=O)O)cc1[N+](=O)[O-]. The topological polar surface area (TPSA) is 132 Å². The molecule has 0 saturated carbocycles. The summed E-state index contributed by atoms with van der Waals surface area (Å²) >= 11 is 5.70. The summed E-state index contributed by atoms with van der Waals surface area (Å²) in [7, 11) is 0. The zero-order valence-corrected chi connectivity index (χ0v) is 8.64. The first kappa shape index (κ1) is 12.2. The van der Waals surface area contributed by atoms with Crippen LogP contribution in [0.25, 0.3) is 0 Å². The summed E-state index contributed by atoms with van der Waals surface area (Å²) in [6, 6.07) is 0.653. The van der Waals surface area contributed by atoms with Crippen LogP contribution in [-0.4, -0.2) is 16.0 Å². The number of aliphatic carboxylic acids is 1. The molecule has 0 bridgehead atoms. The number of carboxylic acids is 1. The maximum absolute atomic E-state index is 10.6. The number of carbonyl (C=O) groups is 1. The molecule has 0 unspecified atom stereocenters. The van der Waals surface area contributed by atoms with Gasteiger partial charge in [-0.1, -0.05) is 11.6 Å². The van der Waals surface area contributed by atoms with Gasteiger partial charge in [-0.3, -0.25) is 14.9 Å². The average Bonchev–Trinajstić information content (AvgIpc) is 2.16. The molecule has 7 nitrogen and oxygen atoms in total. The molecule has 0 aliphatic heterocycles. The highest BCUT2D eigenvalue weighted by Crippen LogP contribution is 2.31. The van der Waals surface area contributed by atoms with E-state index in [1.54, 1.807) is 0 Å². The Hall–Kier alpha value is -1.86. The predicted octanol–water partition coefficient (Wildman–Crippen LogP) is 0.915. The fraction of sp³-hybridized carbons (Fsp3) is 0.125. The Morgan fingerprint density at radius 1 is 1.56 bits per heavy atom. The van der Waals surface area contributed by atoms with Gasteiger partial charge < -0.3 is 16.6 Å². The van der Waals surface area contributed by atoms with E-state index in [9.17, 15) is 14.9 Å². The zero-order valence-electron chi connectivity index (χ0n) is 7.88. The van der Waals surface area contributed by atoms with Gasteiger partial charge in [0.25, 0.3) is 5.69 Å². The lowest BCUT2D eigenvalue weighted by Crippen LogP contribution is -2.21. The van der Waals surface area contributed by atoms with Crippen LogP contribution in [-0.2, 0) is 4.79 Å². The Morgan fingerprint density at radius 2 is 2.12 bits per heavy atom. The fourth-order valence-corrected chi connectivity index (χ4v) is 1.41. The van der Waals surface area contributed by atoms with Crippen molar-refractivity contribution in [2.45, 2.75) is 6.04 Å². The summed E-state index contributed by atoms with van der Waals surface area (Å²) < 4.78 is 0. The van der Waals surface area contributed by atoms with Gasteiger partial charge in [-0.2, -0.15) is 0 Å². The van der Waals surface area contributed by atoms with Crippen molar-refractivity contribution in [3.63, 3.8) is 0 Å². The number of benzene rings is 1. The third kappa shape index (κ3) is 2.20. The van der Waals surface area contributed by atoms with Crippen LogP contribution in [0.3, 0.4) is 0 Å². The Bertz CT molecular complexity index is 463. The first-order chi connectivity index (χ1) is 7.34. The van der Waals surface area contributed by atoms with E-state index in [1.165, 1.54) is 0 Å². The molecule has 1 rings (SSSR count). The highest BCUT2D eigenvalue weighted by atomic mass is 35.5. The Balaban J connectivity index is 3.35. The Morgan fingerprint density at radius 3 is 2.56 bits per heavy atom. The maximum Gasteiger partial charge on any atom is 0.325 e. The van der Waals surface area contributed by atoms with Crippen molar-refractivity contribution in [2.75, 3.05) is 5.73 Å². The van der Waals surface area contributed by atoms with E-state index in [0.717, 1.165) is 12.1 Å². The van der Waals surface area contributed by atoms with Gasteiger partial charge in [0.15, 0.2) is 0 Å². The molecular formula is C8H8ClN3O4. The molecule has 0 amide bonds. The number of nitro benzene ring substituents is 1. The molecule has 16 heavy (non-hydrogen) atoms. The lowest BCUT2D eigenvalue weighted by Gasteiger charge is -2.09. The minimum Gasteiger partial charge on any atom is -0.480 e. The van der Waals surface area contributed by atoms with Crippen molar-refractivity contribution in [3.8, 4) is 0 Å². The summed E-state index contributed by atoms with van der Waals surface area (Å²) in [5.74, 6) is -1.33. The average molecular weight is 246 g/mol. The molecule has 0 spiro atoms. The molecule has 86 valence electrons. The van der Waals surface area contributed by atoms with Crippen molar-refractivity contribution in [3.05, 3.63) is 32.8 Å². The number of nitrogen functional groups attached to an aromatic ring is 1. The van der Waals surface area contributed by atoms with E-state index >= 15 is 0 Å². The van der Waals surface area contributed by atoms with Crippen molar-refractivity contribution in [1.82, 2.24) is 0 Å². The van der Waals surface area contributed by atoms with Gasteiger partial charge in [0, 0.05) is 16.7 Å². The third-order valence-corrected chi connectivity index (χ3v) is 2.27. The van der Waals surface area contributed by atoms with E-state index in [1.807, 2.05) is 0 Å². The van der Waals surface area contributed by atoms with E-state index in [2.05, 4.69) is 0 Å². The number of anilines is 1. The number of halogens is 1. The second kappa shape index (κ2) is 4.33. The lowest BCUT2D eigenvalue weighted by molar-refractivity contribution is -0.384. The van der Waals surface area contributed by atoms with Crippen molar-refractivity contribution >= 4 is 28.9 Å². The summed E-state index contributed by atoms with van der Waals surface area (Å²) in [4.78, 5) is 20.5. The Kier molecular flexibility index (Phi) is 3.31. The molecule has 8 heteroatoms. The number of hydrogen-bond donors (Lipinski definition) is 3. The summed E-state index contributed by atoms with van der Waals surface area (Å²) in [6.45, 7) is 0. The van der Waals surface area contributed by atoms with E-state index in [0.29, 0.717) is 0 Å². The van der Waals surface area contributed by atoms with Crippen LogP contribution in [0.4, 0.5) is 11.4 Å². The van der Waals surface area contributed by atoms with E-state index < -0.39 is 22.6 Å². The van der Waals surface area contributed by atoms with Crippen LogP contribution in [0.5, 0.6) is 0 Å². The number of nitro groups is 1. The number of nitrogens with two attached hydrogens (primary N) is 2. The number of carboxylic acid groups (broad SMARTS) is 1. The van der Waals surface area contributed by atoms with Crippen LogP contribution >= 0.6 is 11.6 Å². The summed E-state index contributed by atoms with van der Waals surface area (Å²) in [5, 5.41) is 19.2. The van der Waals surface area contributed by atoms with Gasteiger partial charge >= 0.3 is 5.97 Å². The van der Waals surface area contributed by atoms with Gasteiger partial charge in [-0.25, -0.2) is 0 Å². The highest BCUT2D eigenvalue weighted by molar-refractivity contribution is 6.32. The van der Waals surface area contributed by atoms with E-state index in [4.69, 9.17) is 28.2 Å². The number of nitrogens with zero attached hydrogens (tertiary/aromatic N) is 1. The Labute approximate surface area is 94.8 Å². The summed E-state index contributed by atoms with van der Waals surface area (Å²) in [5.41, 5.74) is 10.1. The quantitative estimate of drug-likeness (QED) is 0.412. The smallest absolute Gasteiger partial charge is 0.325 e. The second-order valence-electron chi connectivity index (χ2n) is 3.01. The van der Waals surface area contributed by atoms with Crippen molar-refractivity contribution in [1.29, 1.82) is 0 Å². The third-order valence-electron chi connectivity index (χ3n) is 1.94. The predicted molar refractivity (Wildman–Crippen MR) is 57.1 cm³/mol. The first-order valence-corrected chi connectivity index (χ1v) is 4.44. The molecule has 0 aliphatic rings. The van der Waals surface area contributed by atoms with Crippen LogP contribution in [0.2, 0.25) is 5.02 Å². The number of rotatable bonds is 3. The first-order valence-electron chi connectivity index (χ1n) is 4.06. The van der Waals surface area contributed by atoms with Gasteiger partial charge in [-0.15, -0.1) is 0 Å². The molecule has 1 atom stereocenters. The molecule has 5 N–H and O–H groups in total. The van der Waals surface area contributed by atoms with Gasteiger partial charge in [0.2, 0.25) is 0 Å². The standard InChI is InChI=1S/C8H8ClN3O4/c9-4-2-5(10)6(12(15)16)1-3(4)7(11)8(13)14/h1-2,7H,10-11H2,(H,13,14)/t7-/m0/s1.